The minimum atomic E-state index is -0.659. The summed E-state index contributed by atoms with van der Waals surface area (Å²) < 4.78 is 27.3. The van der Waals surface area contributed by atoms with Gasteiger partial charge in [-0.05, 0) is 36.4 Å². The maximum atomic E-state index is 13.3. The Morgan fingerprint density at radius 1 is 1.15 bits per heavy atom. The molecule has 0 aliphatic rings. The lowest BCUT2D eigenvalue weighted by Crippen LogP contribution is -2.15. The number of rotatable bonds is 4. The molecule has 1 N–H and O–H groups in total. The van der Waals surface area contributed by atoms with Crippen LogP contribution in [0.2, 0.25) is 0 Å². The van der Waals surface area contributed by atoms with Gasteiger partial charge in [0, 0.05) is 15.4 Å². The van der Waals surface area contributed by atoms with Gasteiger partial charge >= 0.3 is 0 Å². The van der Waals surface area contributed by atoms with Gasteiger partial charge in [-0.15, -0.1) is 11.8 Å². The molecule has 0 fully saturated rings. The van der Waals surface area contributed by atoms with E-state index in [1.165, 1.54) is 11.8 Å². The first-order valence-corrected chi connectivity index (χ1v) is 7.46. The van der Waals surface area contributed by atoms with Gasteiger partial charge in [0.25, 0.3) is 0 Å². The highest BCUT2D eigenvalue weighted by molar-refractivity contribution is 9.10. The van der Waals surface area contributed by atoms with E-state index < -0.39 is 11.6 Å². The Kier molecular flexibility index (Phi) is 5.14. The van der Waals surface area contributed by atoms with Crippen molar-refractivity contribution in [1.29, 1.82) is 0 Å². The number of nitrogens with one attached hydrogen (secondary N) is 1. The molecule has 0 atom stereocenters. The average molecular weight is 358 g/mol. The molecule has 104 valence electrons. The molecule has 0 saturated heterocycles. The van der Waals surface area contributed by atoms with Crippen molar-refractivity contribution in [2.24, 2.45) is 0 Å². The summed E-state index contributed by atoms with van der Waals surface area (Å²) in [6.07, 6.45) is 0. The first kappa shape index (κ1) is 15.0. The quantitative estimate of drug-likeness (QED) is 0.818. The Labute approximate surface area is 127 Å². The van der Waals surface area contributed by atoms with E-state index in [4.69, 9.17) is 0 Å². The summed E-state index contributed by atoms with van der Waals surface area (Å²) in [4.78, 5) is 12.6. The summed E-state index contributed by atoms with van der Waals surface area (Å²) >= 11 is 4.64. The molecule has 6 heteroatoms. The van der Waals surface area contributed by atoms with Crippen LogP contribution in [0.25, 0.3) is 0 Å². The van der Waals surface area contributed by atoms with Crippen LogP contribution in [0.15, 0.2) is 51.8 Å². The van der Waals surface area contributed by atoms with Crippen LogP contribution >= 0.6 is 27.7 Å². The van der Waals surface area contributed by atoms with Crippen molar-refractivity contribution in [2.75, 3.05) is 11.1 Å². The minimum absolute atomic E-state index is 0.123. The second-order valence-corrected chi connectivity index (χ2v) is 5.88. The van der Waals surface area contributed by atoms with Crippen molar-refractivity contribution in [2.45, 2.75) is 4.90 Å². The Bertz CT molecular complexity index is 619. The molecule has 0 unspecified atom stereocenters. The van der Waals surface area contributed by atoms with Gasteiger partial charge in [0.05, 0.1) is 11.4 Å². The van der Waals surface area contributed by atoms with Crippen molar-refractivity contribution in [3.63, 3.8) is 0 Å². The third kappa shape index (κ3) is 4.31. The number of carbonyl (C=O) groups is 1. The smallest absolute Gasteiger partial charge is 0.234 e. The van der Waals surface area contributed by atoms with Crippen LogP contribution < -0.4 is 5.32 Å². The number of halogens is 3. The van der Waals surface area contributed by atoms with Crippen LogP contribution in [-0.4, -0.2) is 11.7 Å². The predicted octanol–water partition coefficient (Wildman–Crippen LogP) is 4.46. The number of carbonyl (C=O) groups excluding carboxylic acids is 1. The first-order chi connectivity index (χ1) is 9.54. The molecule has 2 aromatic carbocycles. The largest absolute Gasteiger partial charge is 0.323 e. The number of thioether (sulfide) groups is 1. The molecule has 0 saturated carbocycles. The van der Waals surface area contributed by atoms with Crippen molar-refractivity contribution < 1.29 is 13.6 Å². The maximum absolute atomic E-state index is 13.3. The average Bonchev–Trinajstić information content (AvgIpc) is 2.42. The molecule has 0 aromatic heterocycles. The number of amides is 1. The first-order valence-electron chi connectivity index (χ1n) is 5.68. The Hall–Kier alpha value is -1.40. The van der Waals surface area contributed by atoms with Crippen LogP contribution in [0.4, 0.5) is 14.5 Å². The van der Waals surface area contributed by atoms with Crippen molar-refractivity contribution in [3.8, 4) is 0 Å². The summed E-state index contributed by atoms with van der Waals surface area (Å²) in [6, 6.07) is 10.4. The molecule has 20 heavy (non-hydrogen) atoms. The maximum Gasteiger partial charge on any atom is 0.234 e. The van der Waals surface area contributed by atoms with Gasteiger partial charge in [0.1, 0.15) is 11.6 Å². The molecule has 0 aliphatic carbocycles. The second kappa shape index (κ2) is 6.85. The fourth-order valence-corrected chi connectivity index (χ4v) is 2.42. The molecule has 0 heterocycles. The molecular weight excluding hydrogens is 348 g/mol. The highest BCUT2D eigenvalue weighted by Crippen LogP contribution is 2.21. The van der Waals surface area contributed by atoms with Gasteiger partial charge in [-0.1, -0.05) is 15.9 Å². The summed E-state index contributed by atoms with van der Waals surface area (Å²) in [5.41, 5.74) is -0.147. The molecule has 2 rings (SSSR count). The summed E-state index contributed by atoms with van der Waals surface area (Å²) in [6.45, 7) is 0. The number of anilines is 1. The van der Waals surface area contributed by atoms with E-state index in [0.717, 1.165) is 27.6 Å². The molecule has 0 aliphatic heterocycles. The summed E-state index contributed by atoms with van der Waals surface area (Å²) in [5, 5.41) is 2.35. The third-order valence-corrected chi connectivity index (χ3v) is 3.93. The normalized spacial score (nSPS) is 10.3. The van der Waals surface area contributed by atoms with Crippen molar-refractivity contribution in [1.82, 2.24) is 0 Å². The van der Waals surface area contributed by atoms with Crippen LogP contribution in [0.5, 0.6) is 0 Å². The van der Waals surface area contributed by atoms with E-state index in [9.17, 15) is 13.6 Å². The van der Waals surface area contributed by atoms with Crippen LogP contribution in [-0.2, 0) is 4.79 Å². The Morgan fingerprint density at radius 3 is 2.55 bits per heavy atom. The Morgan fingerprint density at radius 2 is 1.85 bits per heavy atom. The van der Waals surface area contributed by atoms with Crippen LogP contribution in [0, 0.1) is 11.6 Å². The lowest BCUT2D eigenvalue weighted by Gasteiger charge is -2.06. The van der Waals surface area contributed by atoms with E-state index >= 15 is 0 Å². The monoisotopic (exact) mass is 357 g/mol. The Balaban J connectivity index is 1.92. The zero-order valence-electron chi connectivity index (χ0n) is 10.2. The molecule has 2 nitrogen and oxygen atoms in total. The zero-order valence-corrected chi connectivity index (χ0v) is 12.6. The topological polar surface area (TPSA) is 29.1 Å². The van der Waals surface area contributed by atoms with E-state index in [0.29, 0.717) is 0 Å². The fourth-order valence-electron chi connectivity index (χ4n) is 1.46. The highest BCUT2D eigenvalue weighted by Gasteiger charge is 2.08. The SMILES string of the molecule is O=C(CSc1ccc(Br)cc1)Nc1cc(F)ccc1F. The van der Waals surface area contributed by atoms with Crippen molar-refractivity contribution >= 4 is 39.3 Å². The number of benzene rings is 2. The van der Waals surface area contributed by atoms with Gasteiger partial charge in [0.2, 0.25) is 5.91 Å². The predicted molar refractivity (Wildman–Crippen MR) is 79.9 cm³/mol. The van der Waals surface area contributed by atoms with E-state index in [2.05, 4.69) is 21.2 Å². The van der Waals surface area contributed by atoms with Crippen molar-refractivity contribution in [3.05, 3.63) is 58.6 Å². The lowest BCUT2D eigenvalue weighted by molar-refractivity contribution is -0.113. The van der Waals surface area contributed by atoms with Gasteiger partial charge in [0.15, 0.2) is 0 Å². The summed E-state index contributed by atoms with van der Waals surface area (Å²) in [7, 11) is 0. The number of hydrogen-bond donors (Lipinski definition) is 1. The minimum Gasteiger partial charge on any atom is -0.323 e. The van der Waals surface area contributed by atoms with Crippen LogP contribution in [0.1, 0.15) is 0 Å². The lowest BCUT2D eigenvalue weighted by atomic mass is 10.3. The van der Waals surface area contributed by atoms with Gasteiger partial charge < -0.3 is 5.32 Å². The number of hydrogen-bond acceptors (Lipinski definition) is 2. The third-order valence-electron chi connectivity index (χ3n) is 2.39. The zero-order chi connectivity index (χ0) is 14.5. The highest BCUT2D eigenvalue weighted by atomic mass is 79.9. The van der Waals surface area contributed by atoms with Gasteiger partial charge in [-0.25, -0.2) is 8.78 Å². The standard InChI is InChI=1S/C14H10BrF2NOS/c15-9-1-4-11(5-2-9)20-8-14(19)18-13-7-10(16)3-6-12(13)17/h1-7H,8H2,(H,18,19). The molecule has 0 bridgehead atoms. The van der Waals surface area contributed by atoms with Crippen LogP contribution in [0.3, 0.4) is 0 Å². The van der Waals surface area contributed by atoms with Gasteiger partial charge in [-0.2, -0.15) is 0 Å². The van der Waals surface area contributed by atoms with E-state index in [1.54, 1.807) is 0 Å². The molecule has 0 radical (unpaired) electrons. The second-order valence-electron chi connectivity index (χ2n) is 3.91. The fraction of sp³-hybridized carbons (Fsp3) is 0.0714. The molecular formula is C14H10BrF2NOS. The molecule has 2 aromatic rings. The van der Waals surface area contributed by atoms with E-state index in [1.807, 2.05) is 24.3 Å². The van der Waals surface area contributed by atoms with Gasteiger partial charge in [-0.3, -0.25) is 4.79 Å². The molecule has 0 spiro atoms. The molecule has 1 amide bonds. The van der Waals surface area contributed by atoms with E-state index in [-0.39, 0.29) is 17.3 Å². The summed E-state index contributed by atoms with van der Waals surface area (Å²) in [5.74, 6) is -1.52.